The first-order valence-electron chi connectivity index (χ1n) is 9.61. The Morgan fingerprint density at radius 3 is 2.81 bits per heavy atom. The van der Waals surface area contributed by atoms with Crippen molar-refractivity contribution in [2.45, 2.75) is 26.8 Å². The number of aliphatic hydroxyl groups is 1. The van der Waals surface area contributed by atoms with E-state index >= 15 is 0 Å². The molecule has 1 aromatic carbocycles. The Hall–Kier alpha value is -3.44. The van der Waals surface area contributed by atoms with E-state index in [0.29, 0.717) is 40.0 Å². The molecule has 0 bridgehead atoms. The number of carbonyl (C=O) groups excluding carboxylic acids is 2. The van der Waals surface area contributed by atoms with Crippen molar-refractivity contribution in [3.05, 3.63) is 46.6 Å². The molecule has 0 saturated heterocycles. The molecule has 0 fully saturated rings. The highest BCUT2D eigenvalue weighted by atomic mass is 32.1. The molecule has 3 rings (SSSR count). The van der Waals surface area contributed by atoms with Crippen LogP contribution in [0.2, 0.25) is 0 Å². The van der Waals surface area contributed by atoms with Crippen molar-refractivity contribution in [3.63, 3.8) is 0 Å². The Morgan fingerprint density at radius 2 is 2.03 bits per heavy atom. The smallest absolute Gasteiger partial charge is 0.267 e. The second kappa shape index (κ2) is 10.0. The predicted octanol–water partition coefficient (Wildman–Crippen LogP) is 2.16. The number of aliphatic hydroxyl groups excluding tert-OH is 1. The highest BCUT2D eigenvalue weighted by molar-refractivity contribution is 7.17. The van der Waals surface area contributed by atoms with Crippen molar-refractivity contribution in [1.29, 1.82) is 0 Å². The average Bonchev–Trinajstić information content (AvgIpc) is 3.38. The van der Waals surface area contributed by atoms with Crippen LogP contribution in [0.4, 0.5) is 16.6 Å². The molecule has 0 spiro atoms. The number of benzene rings is 1. The topological polar surface area (TPSA) is 141 Å². The molecule has 2 aromatic heterocycles. The summed E-state index contributed by atoms with van der Waals surface area (Å²) < 4.78 is 1.48. The molecule has 0 atom stereocenters. The Morgan fingerprint density at radius 1 is 1.23 bits per heavy atom. The Bertz CT molecular complexity index is 1080. The van der Waals surface area contributed by atoms with Crippen molar-refractivity contribution in [2.24, 2.45) is 0 Å². The van der Waals surface area contributed by atoms with Crippen molar-refractivity contribution >= 4 is 39.8 Å². The Kier molecular flexibility index (Phi) is 7.21. The van der Waals surface area contributed by atoms with Gasteiger partial charge in [-0.05, 0) is 31.9 Å². The first-order valence-corrected chi connectivity index (χ1v) is 10.4. The van der Waals surface area contributed by atoms with E-state index in [9.17, 15) is 14.7 Å². The van der Waals surface area contributed by atoms with Crippen LogP contribution < -0.4 is 16.0 Å². The summed E-state index contributed by atoms with van der Waals surface area (Å²) in [4.78, 5) is 29.0. The van der Waals surface area contributed by atoms with Gasteiger partial charge in [0, 0.05) is 31.0 Å². The van der Waals surface area contributed by atoms with Crippen LogP contribution in [0, 0.1) is 13.8 Å². The number of phenolic OH excluding ortho intramolecular Hbond substituents is 1. The number of hydrogen-bond acceptors (Lipinski definition) is 8. The van der Waals surface area contributed by atoms with Gasteiger partial charge in [-0.1, -0.05) is 17.4 Å². The van der Waals surface area contributed by atoms with Gasteiger partial charge in [-0.15, -0.1) is 0 Å². The van der Waals surface area contributed by atoms with Crippen LogP contribution in [0.15, 0.2) is 30.6 Å². The number of thiazole rings is 1. The highest BCUT2D eigenvalue weighted by Crippen LogP contribution is 2.29. The number of hydrogen-bond donors (Lipinski definition) is 5. The molecule has 164 valence electrons. The molecule has 0 radical (unpaired) electrons. The molecule has 5 N–H and O–H groups in total. The molecule has 0 saturated carbocycles. The minimum atomic E-state index is -0.326. The van der Waals surface area contributed by atoms with Gasteiger partial charge in [0.05, 0.1) is 11.9 Å². The van der Waals surface area contributed by atoms with Crippen LogP contribution in [0.25, 0.3) is 0 Å². The van der Waals surface area contributed by atoms with Crippen LogP contribution >= 0.6 is 11.3 Å². The predicted molar refractivity (Wildman–Crippen MR) is 118 cm³/mol. The maximum atomic E-state index is 12.6. The van der Waals surface area contributed by atoms with Gasteiger partial charge in [0.25, 0.3) is 5.91 Å². The summed E-state index contributed by atoms with van der Waals surface area (Å²) in [5.41, 5.74) is 2.02. The summed E-state index contributed by atoms with van der Waals surface area (Å²) in [7, 11) is 0. The lowest BCUT2D eigenvalue weighted by molar-refractivity contribution is -0.121. The van der Waals surface area contributed by atoms with Gasteiger partial charge in [0.15, 0.2) is 10.9 Å². The number of aromatic nitrogens is 3. The van der Waals surface area contributed by atoms with Crippen molar-refractivity contribution in [1.82, 2.24) is 20.1 Å². The summed E-state index contributed by atoms with van der Waals surface area (Å²) in [6.07, 6.45) is 3.62. The van der Waals surface area contributed by atoms with Gasteiger partial charge in [0.1, 0.15) is 17.2 Å². The first-order chi connectivity index (χ1) is 14.9. The normalized spacial score (nSPS) is 10.7. The van der Waals surface area contributed by atoms with E-state index in [-0.39, 0.29) is 30.7 Å². The van der Waals surface area contributed by atoms with Crippen LogP contribution in [-0.2, 0) is 11.3 Å². The van der Waals surface area contributed by atoms with Crippen molar-refractivity contribution in [2.75, 3.05) is 23.8 Å². The van der Waals surface area contributed by atoms with E-state index in [4.69, 9.17) is 5.11 Å². The van der Waals surface area contributed by atoms with Crippen molar-refractivity contribution < 1.29 is 19.8 Å². The molecule has 0 unspecified atom stereocenters. The number of phenols is 1. The minimum absolute atomic E-state index is 0.0248. The maximum Gasteiger partial charge on any atom is 0.267 e. The second-order valence-electron chi connectivity index (χ2n) is 6.84. The number of aryl methyl sites for hydroxylation is 1. The number of amides is 2. The van der Waals surface area contributed by atoms with Crippen molar-refractivity contribution in [3.8, 4) is 5.75 Å². The first kappa shape index (κ1) is 22.2. The number of anilines is 3. The second-order valence-corrected chi connectivity index (χ2v) is 7.87. The quantitative estimate of drug-likeness (QED) is 0.318. The summed E-state index contributed by atoms with van der Waals surface area (Å²) in [5.74, 6) is 0.0793. The molecule has 3 aromatic rings. The van der Waals surface area contributed by atoms with Gasteiger partial charge in [-0.3, -0.25) is 14.3 Å². The van der Waals surface area contributed by atoms with E-state index in [1.54, 1.807) is 31.3 Å². The lowest BCUT2D eigenvalue weighted by Gasteiger charge is -2.11. The third-order valence-corrected chi connectivity index (χ3v) is 5.36. The minimum Gasteiger partial charge on any atom is -0.508 e. The molecule has 2 heterocycles. The fourth-order valence-corrected chi connectivity index (χ4v) is 3.49. The zero-order valence-electron chi connectivity index (χ0n) is 17.2. The number of nitrogens with one attached hydrogen (secondary N) is 3. The van der Waals surface area contributed by atoms with E-state index in [0.717, 1.165) is 16.9 Å². The highest BCUT2D eigenvalue weighted by Gasteiger charge is 2.15. The molecule has 0 aliphatic rings. The van der Waals surface area contributed by atoms with Gasteiger partial charge in [0.2, 0.25) is 5.91 Å². The molecule has 0 aliphatic heterocycles. The number of carbonyl (C=O) groups is 2. The third-order valence-electron chi connectivity index (χ3n) is 4.45. The zero-order chi connectivity index (χ0) is 22.4. The van der Waals surface area contributed by atoms with Gasteiger partial charge in [-0.2, -0.15) is 5.10 Å². The SMILES string of the molecule is Cc1ccc(O)c(C)c1NC(=O)c1cnc(Nc2ccn(CC(=O)NCCCO)n2)s1. The molecule has 11 heteroatoms. The van der Waals surface area contributed by atoms with E-state index in [1.807, 2.05) is 6.92 Å². The third kappa shape index (κ3) is 5.80. The maximum absolute atomic E-state index is 12.6. The van der Waals surface area contributed by atoms with Gasteiger partial charge >= 0.3 is 0 Å². The molecule has 0 aliphatic carbocycles. The summed E-state index contributed by atoms with van der Waals surface area (Å²) in [5, 5.41) is 31.9. The van der Waals surface area contributed by atoms with Gasteiger partial charge in [-0.25, -0.2) is 4.98 Å². The molecular weight excluding hydrogens is 420 g/mol. The zero-order valence-corrected chi connectivity index (χ0v) is 18.0. The number of aromatic hydroxyl groups is 1. The average molecular weight is 445 g/mol. The van der Waals surface area contributed by atoms with E-state index < -0.39 is 0 Å². The largest absolute Gasteiger partial charge is 0.508 e. The Labute approximate surface area is 182 Å². The summed E-state index contributed by atoms with van der Waals surface area (Å²) in [6, 6.07) is 5.02. The summed E-state index contributed by atoms with van der Waals surface area (Å²) >= 11 is 1.16. The Balaban J connectivity index is 1.59. The molecular formula is C20H24N6O4S. The monoisotopic (exact) mass is 444 g/mol. The van der Waals surface area contributed by atoms with Crippen LogP contribution in [0.5, 0.6) is 5.75 Å². The fraction of sp³-hybridized carbons (Fsp3) is 0.300. The number of rotatable bonds is 9. The molecule has 31 heavy (non-hydrogen) atoms. The van der Waals surface area contributed by atoms with Gasteiger partial charge < -0.3 is 26.2 Å². The summed E-state index contributed by atoms with van der Waals surface area (Å²) in [6.45, 7) is 4.08. The standard InChI is InChI=1S/C20H24N6O4S/c1-12-4-5-14(28)13(2)18(12)24-19(30)15-10-22-20(31-15)23-16-6-8-26(25-16)11-17(29)21-7-3-9-27/h4-6,8,10,27-28H,3,7,9,11H2,1-2H3,(H,21,29)(H,24,30)(H,22,23,25). The fourth-order valence-electron chi connectivity index (χ4n) is 2.78. The molecule has 10 nitrogen and oxygen atoms in total. The van der Waals surface area contributed by atoms with Crippen LogP contribution in [-0.4, -0.2) is 49.9 Å². The van der Waals surface area contributed by atoms with Crippen LogP contribution in [0.3, 0.4) is 0 Å². The molecule has 2 amide bonds. The van der Waals surface area contributed by atoms with Crippen LogP contribution in [0.1, 0.15) is 27.2 Å². The lowest BCUT2D eigenvalue weighted by atomic mass is 10.1. The lowest BCUT2D eigenvalue weighted by Crippen LogP contribution is -2.29. The van der Waals surface area contributed by atoms with E-state index in [1.165, 1.54) is 10.9 Å². The van der Waals surface area contributed by atoms with E-state index in [2.05, 4.69) is 26.0 Å². The number of nitrogens with zero attached hydrogens (tertiary/aromatic N) is 3.